The number of hydrogen-bond donors (Lipinski definition) is 1. The number of carbonyl (C=O) groups is 1. The van der Waals surface area contributed by atoms with Crippen LogP contribution in [0, 0.1) is 21.7 Å². The summed E-state index contributed by atoms with van der Waals surface area (Å²) in [4.78, 5) is 22.4. The lowest BCUT2D eigenvalue weighted by molar-refractivity contribution is -0.385. The highest BCUT2D eigenvalue weighted by Gasteiger charge is 2.17. The zero-order valence-corrected chi connectivity index (χ0v) is 12.3. The van der Waals surface area contributed by atoms with E-state index in [1.807, 2.05) is 0 Å². The zero-order chi connectivity index (χ0) is 17.0. The van der Waals surface area contributed by atoms with Crippen LogP contribution in [-0.2, 0) is 11.2 Å². The first kappa shape index (κ1) is 16.5. The number of nitrogens with one attached hydrogen (secondary N) is 1. The van der Waals surface area contributed by atoms with Crippen LogP contribution in [0.2, 0.25) is 0 Å². The Morgan fingerprint density at radius 2 is 1.91 bits per heavy atom. The maximum atomic E-state index is 13.2. The number of nitro benzene ring substituents is 1. The van der Waals surface area contributed by atoms with E-state index < -0.39 is 28.5 Å². The van der Waals surface area contributed by atoms with Crippen molar-refractivity contribution in [2.24, 2.45) is 0 Å². The number of nitrogens with zero attached hydrogens (tertiary/aromatic N) is 1. The zero-order valence-electron chi connectivity index (χ0n) is 12.3. The normalized spacial score (nSPS) is 11.8. The summed E-state index contributed by atoms with van der Waals surface area (Å²) < 4.78 is 26.1. The molecule has 2 aromatic carbocycles. The van der Waals surface area contributed by atoms with E-state index in [0.717, 1.165) is 12.1 Å². The van der Waals surface area contributed by atoms with Crippen molar-refractivity contribution in [3.63, 3.8) is 0 Å². The van der Waals surface area contributed by atoms with Gasteiger partial charge >= 0.3 is 0 Å². The van der Waals surface area contributed by atoms with Crippen molar-refractivity contribution in [2.75, 3.05) is 0 Å². The summed E-state index contributed by atoms with van der Waals surface area (Å²) in [6.07, 6.45) is -0.175. The molecular formula is C16H14F2N2O3. The summed E-state index contributed by atoms with van der Waals surface area (Å²) in [5.74, 6) is -2.41. The highest BCUT2D eigenvalue weighted by atomic mass is 19.2. The SMILES string of the molecule is CC(NC(=O)Cc1ccccc1[N+](=O)[O-])c1ccc(F)c(F)c1. The van der Waals surface area contributed by atoms with E-state index in [0.29, 0.717) is 5.56 Å². The molecule has 0 spiro atoms. The molecule has 120 valence electrons. The number of carbonyl (C=O) groups excluding carboxylic acids is 1. The van der Waals surface area contributed by atoms with E-state index in [2.05, 4.69) is 5.32 Å². The van der Waals surface area contributed by atoms with E-state index in [-0.39, 0.29) is 17.7 Å². The molecule has 7 heteroatoms. The smallest absolute Gasteiger partial charge is 0.273 e. The van der Waals surface area contributed by atoms with Crippen LogP contribution in [0.5, 0.6) is 0 Å². The van der Waals surface area contributed by atoms with Crippen molar-refractivity contribution in [2.45, 2.75) is 19.4 Å². The molecule has 0 saturated heterocycles. The largest absolute Gasteiger partial charge is 0.349 e. The monoisotopic (exact) mass is 320 g/mol. The van der Waals surface area contributed by atoms with Gasteiger partial charge in [-0.2, -0.15) is 0 Å². The fourth-order valence-electron chi connectivity index (χ4n) is 2.17. The molecule has 0 radical (unpaired) electrons. The lowest BCUT2D eigenvalue weighted by Gasteiger charge is -2.14. The Bertz CT molecular complexity index is 750. The van der Waals surface area contributed by atoms with E-state index in [9.17, 15) is 23.7 Å². The average molecular weight is 320 g/mol. The molecule has 5 nitrogen and oxygen atoms in total. The second-order valence-electron chi connectivity index (χ2n) is 5.03. The van der Waals surface area contributed by atoms with Crippen LogP contribution in [0.4, 0.5) is 14.5 Å². The van der Waals surface area contributed by atoms with Gasteiger partial charge in [0.25, 0.3) is 5.69 Å². The summed E-state index contributed by atoms with van der Waals surface area (Å²) >= 11 is 0. The number of rotatable bonds is 5. The second kappa shape index (κ2) is 6.95. The fraction of sp³-hybridized carbons (Fsp3) is 0.188. The molecule has 1 amide bonds. The van der Waals surface area contributed by atoms with Gasteiger partial charge in [-0.15, -0.1) is 0 Å². The minimum absolute atomic E-state index is 0.136. The Balaban J connectivity index is 2.07. The summed E-state index contributed by atoms with van der Waals surface area (Å²) in [5.41, 5.74) is 0.551. The summed E-state index contributed by atoms with van der Waals surface area (Å²) in [7, 11) is 0. The van der Waals surface area contributed by atoms with Gasteiger partial charge in [0.05, 0.1) is 17.4 Å². The lowest BCUT2D eigenvalue weighted by atomic mass is 10.1. The molecule has 1 atom stereocenters. The van der Waals surface area contributed by atoms with Gasteiger partial charge in [-0.3, -0.25) is 14.9 Å². The van der Waals surface area contributed by atoms with Gasteiger partial charge in [0.15, 0.2) is 11.6 Å². The number of halogens is 2. The van der Waals surface area contributed by atoms with Crippen LogP contribution >= 0.6 is 0 Å². The molecule has 0 saturated carbocycles. The average Bonchev–Trinajstić information content (AvgIpc) is 2.50. The molecule has 23 heavy (non-hydrogen) atoms. The Kier molecular flexibility index (Phi) is 5.00. The minimum atomic E-state index is -0.998. The fourth-order valence-corrected chi connectivity index (χ4v) is 2.17. The van der Waals surface area contributed by atoms with Gasteiger partial charge in [0, 0.05) is 11.6 Å². The van der Waals surface area contributed by atoms with Crippen molar-refractivity contribution in [1.29, 1.82) is 0 Å². The molecule has 0 bridgehead atoms. The van der Waals surface area contributed by atoms with Crippen LogP contribution in [0.3, 0.4) is 0 Å². The topological polar surface area (TPSA) is 72.2 Å². The van der Waals surface area contributed by atoms with Crippen LogP contribution in [0.25, 0.3) is 0 Å². The van der Waals surface area contributed by atoms with E-state index in [1.54, 1.807) is 13.0 Å². The van der Waals surface area contributed by atoms with Crippen molar-refractivity contribution in [1.82, 2.24) is 5.32 Å². The van der Waals surface area contributed by atoms with Crippen molar-refractivity contribution < 1.29 is 18.5 Å². The van der Waals surface area contributed by atoms with Crippen LogP contribution in [0.15, 0.2) is 42.5 Å². The maximum Gasteiger partial charge on any atom is 0.273 e. The number of hydrogen-bond acceptors (Lipinski definition) is 3. The molecule has 0 aliphatic carbocycles. The van der Waals surface area contributed by atoms with Crippen LogP contribution in [-0.4, -0.2) is 10.8 Å². The Hall–Kier alpha value is -2.83. The Morgan fingerprint density at radius 3 is 2.57 bits per heavy atom. The van der Waals surface area contributed by atoms with E-state index >= 15 is 0 Å². The molecule has 1 unspecified atom stereocenters. The number of para-hydroxylation sites is 1. The highest BCUT2D eigenvalue weighted by molar-refractivity contribution is 5.80. The maximum absolute atomic E-state index is 13.2. The van der Waals surface area contributed by atoms with Gasteiger partial charge in [0.2, 0.25) is 5.91 Å². The number of amides is 1. The van der Waals surface area contributed by atoms with Crippen molar-refractivity contribution >= 4 is 11.6 Å². The van der Waals surface area contributed by atoms with E-state index in [1.165, 1.54) is 24.3 Å². The quantitative estimate of drug-likeness (QED) is 0.678. The highest BCUT2D eigenvalue weighted by Crippen LogP contribution is 2.19. The summed E-state index contributed by atoms with van der Waals surface area (Å²) in [6.45, 7) is 1.62. The summed E-state index contributed by atoms with van der Waals surface area (Å²) in [5, 5.41) is 13.5. The Labute approximate surface area is 131 Å². The molecule has 2 aromatic rings. The lowest BCUT2D eigenvalue weighted by Crippen LogP contribution is -2.28. The first-order valence-electron chi connectivity index (χ1n) is 6.85. The molecule has 0 heterocycles. The number of nitro groups is 1. The molecule has 0 aliphatic rings. The van der Waals surface area contributed by atoms with Gasteiger partial charge in [-0.25, -0.2) is 8.78 Å². The Morgan fingerprint density at radius 1 is 1.22 bits per heavy atom. The molecule has 2 rings (SSSR count). The molecule has 0 aliphatic heterocycles. The molecular weight excluding hydrogens is 306 g/mol. The van der Waals surface area contributed by atoms with Crippen LogP contribution in [0.1, 0.15) is 24.1 Å². The third kappa shape index (κ3) is 4.09. The first-order valence-corrected chi connectivity index (χ1v) is 6.85. The molecule has 1 N–H and O–H groups in total. The third-order valence-electron chi connectivity index (χ3n) is 3.36. The second-order valence-corrected chi connectivity index (χ2v) is 5.03. The van der Waals surface area contributed by atoms with Gasteiger partial charge < -0.3 is 5.32 Å². The van der Waals surface area contributed by atoms with E-state index in [4.69, 9.17) is 0 Å². The predicted molar refractivity (Wildman–Crippen MR) is 79.7 cm³/mol. The van der Waals surface area contributed by atoms with Gasteiger partial charge in [0.1, 0.15) is 0 Å². The van der Waals surface area contributed by atoms with Gasteiger partial charge in [-0.05, 0) is 24.6 Å². The summed E-state index contributed by atoms with van der Waals surface area (Å²) in [6, 6.07) is 8.74. The third-order valence-corrected chi connectivity index (χ3v) is 3.36. The molecule has 0 fully saturated rings. The van der Waals surface area contributed by atoms with Crippen molar-refractivity contribution in [3.05, 3.63) is 75.3 Å². The van der Waals surface area contributed by atoms with Crippen molar-refractivity contribution in [3.8, 4) is 0 Å². The van der Waals surface area contributed by atoms with Gasteiger partial charge in [-0.1, -0.05) is 24.3 Å². The standard InChI is InChI=1S/C16H14F2N2O3/c1-10(11-6-7-13(17)14(18)8-11)19-16(21)9-12-4-2-3-5-15(12)20(22)23/h2-8,10H,9H2,1H3,(H,19,21). The number of benzene rings is 2. The minimum Gasteiger partial charge on any atom is -0.349 e. The first-order chi connectivity index (χ1) is 10.9. The predicted octanol–water partition coefficient (Wildman–Crippen LogP) is 3.29. The van der Waals surface area contributed by atoms with Crippen LogP contribution < -0.4 is 5.32 Å². The molecule has 0 aromatic heterocycles.